The monoisotopic (exact) mass is 248 g/mol. The van der Waals surface area contributed by atoms with Gasteiger partial charge in [-0.1, -0.05) is 13.3 Å². The number of rotatable bonds is 5. The van der Waals surface area contributed by atoms with Crippen molar-refractivity contribution in [3.05, 3.63) is 0 Å². The van der Waals surface area contributed by atoms with E-state index in [4.69, 9.17) is 4.55 Å². The van der Waals surface area contributed by atoms with Gasteiger partial charge >= 0.3 is 6.03 Å². The Bertz CT molecular complexity index is 320. The number of carbonyl (C=O) groups excluding carboxylic acids is 1. The molecule has 2 amide bonds. The molecule has 0 fully saturated rings. The molecule has 2 N–H and O–H groups in total. The zero-order valence-electron chi connectivity index (χ0n) is 9.34. The van der Waals surface area contributed by atoms with Crippen LogP contribution in [0.1, 0.15) is 26.7 Å². The third-order valence-corrected chi connectivity index (χ3v) is 2.85. The predicted molar refractivity (Wildman–Crippen MR) is 60.7 cm³/mol. The van der Waals surface area contributed by atoms with Gasteiger partial charge in [-0.3, -0.25) is 4.55 Å². The van der Waals surface area contributed by atoms with E-state index in [9.17, 15) is 9.00 Å². The first kappa shape index (κ1) is 13.1. The first-order chi connectivity index (χ1) is 7.56. The number of hydrazone groups is 1. The Kier molecular flexibility index (Phi) is 4.84. The van der Waals surface area contributed by atoms with Gasteiger partial charge < -0.3 is 0 Å². The summed E-state index contributed by atoms with van der Waals surface area (Å²) in [5.74, 6) is 0. The lowest BCUT2D eigenvalue weighted by atomic mass is 10.3. The summed E-state index contributed by atoms with van der Waals surface area (Å²) >= 11 is -2.19. The van der Waals surface area contributed by atoms with Crippen LogP contribution in [-0.2, 0) is 11.3 Å². The fourth-order valence-corrected chi connectivity index (χ4v) is 1.87. The first-order valence-electron chi connectivity index (χ1n) is 5.05. The number of hydrogen-bond acceptors (Lipinski definition) is 3. The third kappa shape index (κ3) is 3.26. The maximum absolute atomic E-state index is 11.5. The largest absolute Gasteiger partial charge is 0.353 e. The number of hydrazine groups is 1. The molecule has 0 spiro atoms. The minimum atomic E-state index is -2.19. The van der Waals surface area contributed by atoms with Gasteiger partial charge in [-0.25, -0.2) is 19.4 Å². The van der Waals surface area contributed by atoms with Gasteiger partial charge in [0.1, 0.15) is 0 Å². The van der Waals surface area contributed by atoms with Gasteiger partial charge in [0.15, 0.2) is 0 Å². The molecule has 1 heterocycles. The topological polar surface area (TPSA) is 85.2 Å². The quantitative estimate of drug-likeness (QED) is 0.696. The number of amides is 2. The summed E-state index contributed by atoms with van der Waals surface area (Å²) in [6.45, 7) is 4.31. The Morgan fingerprint density at radius 2 is 2.38 bits per heavy atom. The Morgan fingerprint density at radius 3 is 2.94 bits per heavy atom. The lowest BCUT2D eigenvalue weighted by Gasteiger charge is -2.32. The molecule has 0 radical (unpaired) electrons. The molecule has 7 nitrogen and oxygen atoms in total. The van der Waals surface area contributed by atoms with Crippen molar-refractivity contribution in [3.63, 3.8) is 0 Å². The zero-order valence-corrected chi connectivity index (χ0v) is 10.2. The van der Waals surface area contributed by atoms with E-state index >= 15 is 0 Å². The van der Waals surface area contributed by atoms with E-state index in [1.807, 2.05) is 6.92 Å². The average Bonchev–Trinajstić information content (AvgIpc) is 2.23. The number of hydrogen-bond donors (Lipinski definition) is 2. The second-order valence-corrected chi connectivity index (χ2v) is 4.36. The van der Waals surface area contributed by atoms with E-state index in [0.717, 1.165) is 17.3 Å². The van der Waals surface area contributed by atoms with Gasteiger partial charge in [-0.05, 0) is 13.3 Å². The molecule has 0 saturated heterocycles. The third-order valence-electron chi connectivity index (χ3n) is 2.11. The number of nitrogens with one attached hydrogen (secondary N) is 1. The van der Waals surface area contributed by atoms with E-state index in [2.05, 4.69) is 10.5 Å². The minimum Gasteiger partial charge on any atom is -0.292 e. The highest BCUT2D eigenvalue weighted by Gasteiger charge is 2.28. The van der Waals surface area contributed by atoms with Crippen molar-refractivity contribution in [2.24, 2.45) is 5.10 Å². The summed E-state index contributed by atoms with van der Waals surface area (Å²) in [5.41, 5.74) is 2.97. The Hall–Kier alpha value is -0.990. The molecule has 0 saturated carbocycles. The van der Waals surface area contributed by atoms with Crippen LogP contribution >= 0.6 is 0 Å². The Morgan fingerprint density at radius 1 is 1.69 bits per heavy atom. The van der Waals surface area contributed by atoms with Crippen molar-refractivity contribution in [1.29, 1.82) is 0 Å². The molecular weight excluding hydrogens is 232 g/mol. The standard InChI is InChI=1S/C8H16N4O3S/c1-3-4-5-12(16(14)15)11-6-7(2)9-10-8(11)13/h3-6H2,1-2H3,(H,10,13)(H,14,15). The van der Waals surface area contributed by atoms with Crippen molar-refractivity contribution in [1.82, 2.24) is 14.8 Å². The molecule has 1 aliphatic heterocycles. The molecule has 1 unspecified atom stereocenters. The summed E-state index contributed by atoms with van der Waals surface area (Å²) < 4.78 is 21.4. The molecule has 0 aliphatic carbocycles. The Balaban J connectivity index is 2.73. The van der Waals surface area contributed by atoms with Crippen LogP contribution in [0, 0.1) is 0 Å². The van der Waals surface area contributed by atoms with Crippen molar-refractivity contribution >= 4 is 23.0 Å². The SMILES string of the molecule is CCCCN(N1CC(C)=NNC1=O)S(=O)O. The molecule has 1 aliphatic rings. The van der Waals surface area contributed by atoms with Crippen LogP contribution in [0.5, 0.6) is 0 Å². The van der Waals surface area contributed by atoms with E-state index in [1.165, 1.54) is 5.01 Å². The average molecular weight is 248 g/mol. The number of urea groups is 1. The van der Waals surface area contributed by atoms with Gasteiger partial charge in [-0.15, -0.1) is 4.41 Å². The maximum atomic E-state index is 11.5. The van der Waals surface area contributed by atoms with E-state index in [1.54, 1.807) is 6.92 Å². The smallest absolute Gasteiger partial charge is 0.292 e. The van der Waals surface area contributed by atoms with Crippen LogP contribution in [0.3, 0.4) is 0 Å². The van der Waals surface area contributed by atoms with E-state index in [0.29, 0.717) is 12.3 Å². The highest BCUT2D eigenvalue weighted by Crippen LogP contribution is 2.07. The van der Waals surface area contributed by atoms with Crippen LogP contribution in [0.25, 0.3) is 0 Å². The highest BCUT2D eigenvalue weighted by atomic mass is 32.2. The molecule has 0 aromatic carbocycles. The van der Waals surface area contributed by atoms with Crippen LogP contribution in [0.15, 0.2) is 5.10 Å². The zero-order chi connectivity index (χ0) is 12.1. The maximum Gasteiger partial charge on any atom is 0.353 e. The lowest BCUT2D eigenvalue weighted by Crippen LogP contribution is -2.55. The van der Waals surface area contributed by atoms with Crippen LogP contribution in [-0.4, -0.2) is 43.0 Å². The first-order valence-corrected chi connectivity index (χ1v) is 6.11. The number of unbranched alkanes of at least 4 members (excludes halogenated alkanes) is 1. The second kappa shape index (κ2) is 5.92. The minimum absolute atomic E-state index is 0.238. The van der Waals surface area contributed by atoms with Crippen molar-refractivity contribution in [3.8, 4) is 0 Å². The molecule has 16 heavy (non-hydrogen) atoms. The molecule has 0 aromatic rings. The van der Waals surface area contributed by atoms with Crippen LogP contribution < -0.4 is 5.43 Å². The highest BCUT2D eigenvalue weighted by molar-refractivity contribution is 7.76. The molecule has 0 bridgehead atoms. The van der Waals surface area contributed by atoms with E-state index in [-0.39, 0.29) is 6.54 Å². The van der Waals surface area contributed by atoms with Gasteiger partial charge in [0, 0.05) is 6.54 Å². The summed E-state index contributed by atoms with van der Waals surface area (Å²) in [4.78, 5) is 11.5. The summed E-state index contributed by atoms with van der Waals surface area (Å²) in [7, 11) is 0. The van der Waals surface area contributed by atoms with Crippen LogP contribution in [0.4, 0.5) is 4.79 Å². The van der Waals surface area contributed by atoms with Gasteiger partial charge in [0.25, 0.3) is 11.3 Å². The predicted octanol–water partition coefficient (Wildman–Crippen LogP) is 0.541. The normalized spacial score (nSPS) is 18.4. The summed E-state index contributed by atoms with van der Waals surface area (Å²) in [5, 5.41) is 4.95. The molecule has 1 atom stereocenters. The van der Waals surface area contributed by atoms with E-state index < -0.39 is 17.3 Å². The number of nitrogens with zero attached hydrogens (tertiary/aromatic N) is 3. The molecule has 92 valence electrons. The summed E-state index contributed by atoms with van der Waals surface area (Å²) in [6, 6.07) is -0.482. The van der Waals surface area contributed by atoms with Gasteiger partial charge in [-0.2, -0.15) is 5.10 Å². The van der Waals surface area contributed by atoms with Crippen LogP contribution in [0.2, 0.25) is 0 Å². The fraction of sp³-hybridized carbons (Fsp3) is 0.750. The fourth-order valence-electron chi connectivity index (χ4n) is 1.28. The second-order valence-electron chi connectivity index (χ2n) is 3.48. The lowest BCUT2D eigenvalue weighted by molar-refractivity contribution is 0.0978. The molecular formula is C8H16N4O3S. The number of carbonyl (C=O) groups is 1. The van der Waals surface area contributed by atoms with Gasteiger partial charge in [0.05, 0.1) is 12.3 Å². The van der Waals surface area contributed by atoms with Gasteiger partial charge in [0.2, 0.25) is 0 Å². The molecule has 8 heteroatoms. The summed E-state index contributed by atoms with van der Waals surface area (Å²) in [6.07, 6.45) is 1.63. The van der Waals surface area contributed by atoms with Crippen molar-refractivity contribution < 1.29 is 13.6 Å². The molecule has 1 rings (SSSR count). The Labute approximate surface area is 96.9 Å². The van der Waals surface area contributed by atoms with Crippen molar-refractivity contribution in [2.45, 2.75) is 26.7 Å². The molecule has 0 aromatic heterocycles. The van der Waals surface area contributed by atoms with Crippen molar-refractivity contribution in [2.75, 3.05) is 13.1 Å².